The van der Waals surface area contributed by atoms with Gasteiger partial charge in [-0.05, 0) is 31.2 Å². The third-order valence-corrected chi connectivity index (χ3v) is 2.88. The van der Waals surface area contributed by atoms with Crippen LogP contribution in [-0.2, 0) is 4.79 Å². The summed E-state index contributed by atoms with van der Waals surface area (Å²) in [5.41, 5.74) is -0.0932. The summed E-state index contributed by atoms with van der Waals surface area (Å²) in [6.45, 7) is 1.52. The molecule has 2 amide bonds. The maximum Gasteiger partial charge on any atom is 0.254 e. The lowest BCUT2D eigenvalue weighted by atomic mass is 10.2. The van der Waals surface area contributed by atoms with Crippen molar-refractivity contribution in [2.45, 2.75) is 13.0 Å². The molecule has 2 N–H and O–H groups in total. The number of carbonyl (C=O) groups is 2. The van der Waals surface area contributed by atoms with E-state index < -0.39 is 11.7 Å². The third kappa shape index (κ3) is 3.92. The summed E-state index contributed by atoms with van der Waals surface area (Å²) in [6.07, 6.45) is 1.51. The number of halogens is 1. The van der Waals surface area contributed by atoms with Gasteiger partial charge in [0.1, 0.15) is 11.6 Å². The predicted molar refractivity (Wildman–Crippen MR) is 74.0 cm³/mol. The number of furan rings is 1. The second-order valence-electron chi connectivity index (χ2n) is 4.47. The van der Waals surface area contributed by atoms with Crippen LogP contribution < -0.4 is 10.6 Å². The van der Waals surface area contributed by atoms with Gasteiger partial charge < -0.3 is 15.1 Å². The molecular formula is C15H15FN2O3. The van der Waals surface area contributed by atoms with Crippen LogP contribution in [0.3, 0.4) is 0 Å². The van der Waals surface area contributed by atoms with Crippen LogP contribution in [0.25, 0.3) is 0 Å². The molecule has 0 bridgehead atoms. The minimum absolute atomic E-state index is 0.0932. The van der Waals surface area contributed by atoms with E-state index in [9.17, 15) is 14.0 Å². The zero-order valence-corrected chi connectivity index (χ0v) is 11.4. The summed E-state index contributed by atoms with van der Waals surface area (Å²) in [5, 5.41) is 5.03. The summed E-state index contributed by atoms with van der Waals surface area (Å²) in [6, 6.07) is 8.74. The molecule has 0 saturated carbocycles. The molecule has 1 aromatic heterocycles. The fraction of sp³-hybridized carbons (Fsp3) is 0.200. The average Bonchev–Trinajstić information content (AvgIpc) is 2.99. The number of amides is 2. The van der Waals surface area contributed by atoms with Crippen molar-refractivity contribution in [2.24, 2.45) is 0 Å². The van der Waals surface area contributed by atoms with Crippen molar-refractivity contribution in [2.75, 3.05) is 6.54 Å². The zero-order chi connectivity index (χ0) is 15.2. The van der Waals surface area contributed by atoms with Gasteiger partial charge in [0, 0.05) is 0 Å². The van der Waals surface area contributed by atoms with Gasteiger partial charge in [0.2, 0.25) is 5.91 Å². The Morgan fingerprint density at radius 3 is 2.67 bits per heavy atom. The SMILES string of the molecule is C[C@H](NC(=O)CNC(=O)c1ccccc1F)c1ccco1. The summed E-state index contributed by atoms with van der Waals surface area (Å²) >= 11 is 0. The van der Waals surface area contributed by atoms with E-state index in [-0.39, 0.29) is 24.1 Å². The minimum atomic E-state index is -0.631. The molecule has 2 rings (SSSR count). The van der Waals surface area contributed by atoms with Crippen molar-refractivity contribution in [1.82, 2.24) is 10.6 Å². The van der Waals surface area contributed by atoms with E-state index in [1.807, 2.05) is 0 Å². The van der Waals surface area contributed by atoms with Crippen LogP contribution in [-0.4, -0.2) is 18.4 Å². The van der Waals surface area contributed by atoms with Crippen LogP contribution in [0.5, 0.6) is 0 Å². The van der Waals surface area contributed by atoms with Crippen molar-refractivity contribution < 1.29 is 18.4 Å². The van der Waals surface area contributed by atoms with E-state index in [1.165, 1.54) is 24.5 Å². The number of carbonyl (C=O) groups excluding carboxylic acids is 2. The number of hydrogen-bond donors (Lipinski definition) is 2. The van der Waals surface area contributed by atoms with E-state index in [0.29, 0.717) is 5.76 Å². The molecule has 1 atom stereocenters. The first kappa shape index (κ1) is 14.8. The van der Waals surface area contributed by atoms with Crippen LogP contribution in [0.1, 0.15) is 29.1 Å². The maximum atomic E-state index is 13.4. The van der Waals surface area contributed by atoms with Crippen LogP contribution in [0, 0.1) is 5.82 Å². The molecule has 0 unspecified atom stereocenters. The van der Waals surface area contributed by atoms with Gasteiger partial charge in [-0.1, -0.05) is 12.1 Å². The lowest BCUT2D eigenvalue weighted by molar-refractivity contribution is -0.120. The Labute approximate surface area is 121 Å². The number of rotatable bonds is 5. The van der Waals surface area contributed by atoms with Gasteiger partial charge in [-0.3, -0.25) is 9.59 Å². The predicted octanol–water partition coefficient (Wildman–Crippen LogP) is 2.03. The second-order valence-corrected chi connectivity index (χ2v) is 4.47. The molecule has 0 spiro atoms. The topological polar surface area (TPSA) is 71.3 Å². The number of hydrogen-bond acceptors (Lipinski definition) is 3. The first-order chi connectivity index (χ1) is 10.1. The highest BCUT2D eigenvalue weighted by Gasteiger charge is 2.14. The van der Waals surface area contributed by atoms with Crippen LogP contribution in [0.15, 0.2) is 47.1 Å². The molecule has 5 nitrogen and oxygen atoms in total. The lowest BCUT2D eigenvalue weighted by Gasteiger charge is -2.12. The van der Waals surface area contributed by atoms with Gasteiger partial charge in [0.05, 0.1) is 24.4 Å². The summed E-state index contributed by atoms with van der Waals surface area (Å²) in [7, 11) is 0. The highest BCUT2D eigenvalue weighted by Crippen LogP contribution is 2.11. The number of benzene rings is 1. The lowest BCUT2D eigenvalue weighted by Crippen LogP contribution is -2.38. The van der Waals surface area contributed by atoms with E-state index in [0.717, 1.165) is 0 Å². The Hall–Kier alpha value is -2.63. The Kier molecular flexibility index (Phi) is 4.71. The van der Waals surface area contributed by atoms with E-state index in [2.05, 4.69) is 10.6 Å². The van der Waals surface area contributed by atoms with Crippen molar-refractivity contribution in [1.29, 1.82) is 0 Å². The molecule has 21 heavy (non-hydrogen) atoms. The normalized spacial score (nSPS) is 11.7. The van der Waals surface area contributed by atoms with Crippen molar-refractivity contribution in [3.8, 4) is 0 Å². The molecule has 0 fully saturated rings. The van der Waals surface area contributed by atoms with E-state index in [4.69, 9.17) is 4.42 Å². The second kappa shape index (κ2) is 6.69. The fourth-order valence-corrected chi connectivity index (χ4v) is 1.80. The first-order valence-corrected chi connectivity index (χ1v) is 6.43. The molecule has 6 heteroatoms. The molecule has 0 saturated heterocycles. The molecule has 0 aliphatic heterocycles. The molecule has 110 valence electrons. The zero-order valence-electron chi connectivity index (χ0n) is 11.4. The highest BCUT2D eigenvalue weighted by atomic mass is 19.1. The van der Waals surface area contributed by atoms with Crippen LogP contribution in [0.2, 0.25) is 0 Å². The molecule has 0 radical (unpaired) electrons. The van der Waals surface area contributed by atoms with Crippen LogP contribution >= 0.6 is 0 Å². The summed E-state index contributed by atoms with van der Waals surface area (Å²) < 4.78 is 18.5. The van der Waals surface area contributed by atoms with Crippen molar-refractivity contribution in [3.63, 3.8) is 0 Å². The monoisotopic (exact) mass is 290 g/mol. The van der Waals surface area contributed by atoms with Crippen LogP contribution in [0.4, 0.5) is 4.39 Å². The Morgan fingerprint density at radius 1 is 1.24 bits per heavy atom. The van der Waals surface area contributed by atoms with E-state index >= 15 is 0 Å². The largest absolute Gasteiger partial charge is 0.467 e. The van der Waals surface area contributed by atoms with Gasteiger partial charge in [0.15, 0.2) is 0 Å². The molecule has 0 aliphatic carbocycles. The summed E-state index contributed by atoms with van der Waals surface area (Å²) in [4.78, 5) is 23.4. The smallest absolute Gasteiger partial charge is 0.254 e. The summed E-state index contributed by atoms with van der Waals surface area (Å²) in [5.74, 6) is -1.03. The number of nitrogens with one attached hydrogen (secondary N) is 2. The molecule has 2 aromatic rings. The van der Waals surface area contributed by atoms with Gasteiger partial charge in [-0.25, -0.2) is 4.39 Å². The molecule has 1 aromatic carbocycles. The Morgan fingerprint density at radius 2 is 2.00 bits per heavy atom. The third-order valence-electron chi connectivity index (χ3n) is 2.88. The first-order valence-electron chi connectivity index (χ1n) is 6.43. The van der Waals surface area contributed by atoms with Gasteiger partial charge in [0.25, 0.3) is 5.91 Å². The Balaban J connectivity index is 1.84. The van der Waals surface area contributed by atoms with Gasteiger partial charge in [-0.2, -0.15) is 0 Å². The maximum absolute atomic E-state index is 13.4. The highest BCUT2D eigenvalue weighted by molar-refractivity contribution is 5.96. The quantitative estimate of drug-likeness (QED) is 0.885. The Bertz CT molecular complexity index is 626. The standard InChI is InChI=1S/C15H15FN2O3/c1-10(13-7-4-8-21-13)18-14(19)9-17-15(20)11-5-2-3-6-12(11)16/h2-8,10H,9H2,1H3,(H,17,20)(H,18,19)/t10-/m0/s1. The molecule has 1 heterocycles. The van der Waals surface area contributed by atoms with Crippen molar-refractivity contribution >= 4 is 11.8 Å². The minimum Gasteiger partial charge on any atom is -0.467 e. The molecule has 0 aliphatic rings. The average molecular weight is 290 g/mol. The van der Waals surface area contributed by atoms with E-state index in [1.54, 1.807) is 25.1 Å². The van der Waals surface area contributed by atoms with Gasteiger partial charge in [-0.15, -0.1) is 0 Å². The van der Waals surface area contributed by atoms with Crippen molar-refractivity contribution in [3.05, 3.63) is 59.8 Å². The molecular weight excluding hydrogens is 275 g/mol. The fourth-order valence-electron chi connectivity index (χ4n) is 1.80. The van der Waals surface area contributed by atoms with Gasteiger partial charge >= 0.3 is 0 Å².